The standard InChI is InChI=1S/C15H23N3O4S/c1-12(11-18-7-9-22-10-8-18)17-15(19)13-3-5-14(6-4-13)23(20,21)16-2/h3-6,12,16H,7-11H2,1-2H3,(H,17,19)/t12-/m0/s1. The minimum absolute atomic E-state index is 0.00122. The van der Waals surface area contributed by atoms with Crippen LogP contribution in [0.15, 0.2) is 29.2 Å². The highest BCUT2D eigenvalue weighted by molar-refractivity contribution is 7.89. The molecule has 0 bridgehead atoms. The number of nitrogens with zero attached hydrogens (tertiary/aromatic N) is 1. The minimum atomic E-state index is -3.48. The van der Waals surface area contributed by atoms with Gasteiger partial charge in [-0.05, 0) is 38.2 Å². The summed E-state index contributed by atoms with van der Waals surface area (Å²) in [5, 5.41) is 2.93. The number of carbonyl (C=O) groups is 1. The molecule has 1 saturated heterocycles. The van der Waals surface area contributed by atoms with Gasteiger partial charge in [-0.15, -0.1) is 0 Å². The van der Waals surface area contributed by atoms with Crippen molar-refractivity contribution in [2.75, 3.05) is 39.9 Å². The normalized spacial score (nSPS) is 17.7. The fraction of sp³-hybridized carbons (Fsp3) is 0.533. The number of sulfonamides is 1. The zero-order valence-corrected chi connectivity index (χ0v) is 14.2. The quantitative estimate of drug-likeness (QED) is 0.763. The molecular weight excluding hydrogens is 318 g/mol. The van der Waals surface area contributed by atoms with Crippen molar-refractivity contribution in [2.24, 2.45) is 0 Å². The molecule has 0 spiro atoms. The zero-order chi connectivity index (χ0) is 16.9. The van der Waals surface area contributed by atoms with E-state index in [4.69, 9.17) is 4.74 Å². The molecule has 0 saturated carbocycles. The lowest BCUT2D eigenvalue weighted by atomic mass is 10.2. The second-order valence-electron chi connectivity index (χ2n) is 5.52. The summed E-state index contributed by atoms with van der Waals surface area (Å²) in [4.78, 5) is 14.6. The van der Waals surface area contributed by atoms with Gasteiger partial charge in [0.15, 0.2) is 0 Å². The SMILES string of the molecule is CNS(=O)(=O)c1ccc(C(=O)N[C@@H](C)CN2CCOCC2)cc1. The van der Waals surface area contributed by atoms with E-state index in [1.165, 1.54) is 31.3 Å². The van der Waals surface area contributed by atoms with Crippen molar-refractivity contribution < 1.29 is 17.9 Å². The average molecular weight is 341 g/mol. The third-order valence-electron chi connectivity index (χ3n) is 3.71. The van der Waals surface area contributed by atoms with Crippen LogP contribution in [0.2, 0.25) is 0 Å². The summed E-state index contributed by atoms with van der Waals surface area (Å²) >= 11 is 0. The number of ether oxygens (including phenoxy) is 1. The number of hydrogen-bond donors (Lipinski definition) is 2. The van der Waals surface area contributed by atoms with Crippen LogP contribution in [0.1, 0.15) is 17.3 Å². The Bertz CT molecular complexity index is 625. The maximum absolute atomic E-state index is 12.2. The molecular formula is C15H23N3O4S. The molecule has 1 aliphatic heterocycles. The maximum Gasteiger partial charge on any atom is 0.251 e. The lowest BCUT2D eigenvalue weighted by molar-refractivity contribution is 0.0342. The van der Waals surface area contributed by atoms with Crippen LogP contribution in [0.5, 0.6) is 0 Å². The molecule has 0 aromatic heterocycles. The Morgan fingerprint density at radius 3 is 2.43 bits per heavy atom. The number of nitrogens with one attached hydrogen (secondary N) is 2. The van der Waals surface area contributed by atoms with Gasteiger partial charge < -0.3 is 10.1 Å². The molecule has 1 atom stereocenters. The van der Waals surface area contributed by atoms with E-state index in [1.54, 1.807) is 0 Å². The van der Waals surface area contributed by atoms with E-state index in [-0.39, 0.29) is 16.8 Å². The number of carbonyl (C=O) groups excluding carboxylic acids is 1. The van der Waals surface area contributed by atoms with Gasteiger partial charge in [0.1, 0.15) is 0 Å². The summed E-state index contributed by atoms with van der Waals surface area (Å²) in [7, 11) is -2.13. The average Bonchev–Trinajstić information content (AvgIpc) is 2.55. The molecule has 1 aromatic rings. The van der Waals surface area contributed by atoms with Crippen LogP contribution in [0.3, 0.4) is 0 Å². The maximum atomic E-state index is 12.2. The molecule has 23 heavy (non-hydrogen) atoms. The number of morpholine rings is 1. The molecule has 0 radical (unpaired) electrons. The van der Waals surface area contributed by atoms with Gasteiger partial charge in [0.2, 0.25) is 10.0 Å². The van der Waals surface area contributed by atoms with E-state index in [0.29, 0.717) is 5.56 Å². The molecule has 2 rings (SSSR count). The lowest BCUT2D eigenvalue weighted by Crippen LogP contribution is -2.46. The molecule has 0 unspecified atom stereocenters. The summed E-state index contributed by atoms with van der Waals surface area (Å²) in [5.41, 5.74) is 0.439. The summed E-state index contributed by atoms with van der Waals surface area (Å²) < 4.78 is 30.8. The van der Waals surface area contributed by atoms with Crippen LogP contribution in [0.4, 0.5) is 0 Å². The van der Waals surface area contributed by atoms with Crippen LogP contribution in [0, 0.1) is 0 Å². The van der Waals surface area contributed by atoms with Crippen molar-refractivity contribution in [3.05, 3.63) is 29.8 Å². The Hall–Kier alpha value is -1.48. The van der Waals surface area contributed by atoms with Crippen molar-refractivity contribution >= 4 is 15.9 Å². The van der Waals surface area contributed by atoms with E-state index in [9.17, 15) is 13.2 Å². The zero-order valence-electron chi connectivity index (χ0n) is 13.4. The van der Waals surface area contributed by atoms with E-state index < -0.39 is 10.0 Å². The molecule has 1 aliphatic rings. The topological polar surface area (TPSA) is 87.7 Å². The van der Waals surface area contributed by atoms with Gasteiger partial charge >= 0.3 is 0 Å². The molecule has 0 aliphatic carbocycles. The predicted molar refractivity (Wildman–Crippen MR) is 86.9 cm³/mol. The molecule has 128 valence electrons. The van der Waals surface area contributed by atoms with Gasteiger partial charge in [-0.2, -0.15) is 0 Å². The Morgan fingerprint density at radius 1 is 1.26 bits per heavy atom. The Kier molecular flexibility index (Phi) is 6.11. The van der Waals surface area contributed by atoms with Crippen LogP contribution in [-0.4, -0.2) is 65.2 Å². The Labute approximate surface area is 137 Å². The highest BCUT2D eigenvalue weighted by atomic mass is 32.2. The Balaban J connectivity index is 1.92. The molecule has 1 heterocycles. The molecule has 2 N–H and O–H groups in total. The third kappa shape index (κ3) is 5.00. The molecule has 1 aromatic carbocycles. The van der Waals surface area contributed by atoms with Gasteiger partial charge in [-0.1, -0.05) is 0 Å². The van der Waals surface area contributed by atoms with E-state index in [0.717, 1.165) is 32.8 Å². The van der Waals surface area contributed by atoms with Crippen LogP contribution in [0.25, 0.3) is 0 Å². The second kappa shape index (κ2) is 7.87. The van der Waals surface area contributed by atoms with Gasteiger partial charge in [-0.3, -0.25) is 9.69 Å². The lowest BCUT2D eigenvalue weighted by Gasteiger charge is -2.29. The fourth-order valence-corrected chi connectivity index (χ4v) is 3.16. The summed E-state index contributed by atoms with van der Waals surface area (Å²) in [6, 6.07) is 5.88. The molecule has 1 fully saturated rings. The van der Waals surface area contributed by atoms with Crippen molar-refractivity contribution in [3.63, 3.8) is 0 Å². The monoisotopic (exact) mass is 341 g/mol. The number of rotatable bonds is 6. The van der Waals surface area contributed by atoms with E-state index in [1.807, 2.05) is 6.92 Å². The summed E-state index contributed by atoms with van der Waals surface area (Å²) in [6.07, 6.45) is 0. The first-order valence-electron chi connectivity index (χ1n) is 7.57. The first-order chi connectivity index (χ1) is 10.9. The molecule has 1 amide bonds. The van der Waals surface area contributed by atoms with Gasteiger partial charge in [0, 0.05) is 31.2 Å². The van der Waals surface area contributed by atoms with Crippen LogP contribution < -0.4 is 10.0 Å². The van der Waals surface area contributed by atoms with Crippen molar-refractivity contribution in [3.8, 4) is 0 Å². The van der Waals surface area contributed by atoms with Gasteiger partial charge in [0.25, 0.3) is 5.91 Å². The van der Waals surface area contributed by atoms with Crippen molar-refractivity contribution in [1.82, 2.24) is 14.9 Å². The third-order valence-corrected chi connectivity index (χ3v) is 5.14. The summed E-state index contributed by atoms with van der Waals surface area (Å²) in [5.74, 6) is -0.209. The first kappa shape index (κ1) is 17.9. The summed E-state index contributed by atoms with van der Waals surface area (Å²) in [6.45, 7) is 5.91. The van der Waals surface area contributed by atoms with E-state index in [2.05, 4.69) is 14.9 Å². The number of benzene rings is 1. The second-order valence-corrected chi connectivity index (χ2v) is 7.41. The van der Waals surface area contributed by atoms with Gasteiger partial charge in [0.05, 0.1) is 18.1 Å². The number of amides is 1. The van der Waals surface area contributed by atoms with E-state index >= 15 is 0 Å². The largest absolute Gasteiger partial charge is 0.379 e. The first-order valence-corrected chi connectivity index (χ1v) is 9.05. The Morgan fingerprint density at radius 2 is 1.87 bits per heavy atom. The molecule has 8 heteroatoms. The van der Waals surface area contributed by atoms with Crippen LogP contribution >= 0.6 is 0 Å². The predicted octanol–water partition coefficient (Wildman–Crippen LogP) is 0.0452. The van der Waals surface area contributed by atoms with Crippen molar-refractivity contribution in [1.29, 1.82) is 0 Å². The van der Waals surface area contributed by atoms with Gasteiger partial charge in [-0.25, -0.2) is 13.1 Å². The van der Waals surface area contributed by atoms with Crippen LogP contribution in [-0.2, 0) is 14.8 Å². The highest BCUT2D eigenvalue weighted by Gasteiger charge is 2.17. The van der Waals surface area contributed by atoms with Crippen molar-refractivity contribution in [2.45, 2.75) is 17.9 Å². The fourth-order valence-electron chi connectivity index (χ4n) is 2.43. The highest BCUT2D eigenvalue weighted by Crippen LogP contribution is 2.10. The smallest absolute Gasteiger partial charge is 0.251 e. The number of hydrogen-bond acceptors (Lipinski definition) is 5. The minimum Gasteiger partial charge on any atom is -0.379 e. The molecule has 7 nitrogen and oxygen atoms in total.